The van der Waals surface area contributed by atoms with Crippen molar-refractivity contribution in [3.8, 4) is 0 Å². The van der Waals surface area contributed by atoms with Crippen molar-refractivity contribution >= 4 is 5.65 Å². The van der Waals surface area contributed by atoms with Gasteiger partial charge in [-0.15, -0.1) is 0 Å². The molecule has 0 fully saturated rings. The Labute approximate surface area is 56.1 Å². The molecule has 0 spiro atoms. The van der Waals surface area contributed by atoms with Crippen molar-refractivity contribution in [2.45, 2.75) is 0 Å². The Kier molecular flexibility index (Phi) is 0.887. The average Bonchev–Trinajstić information content (AvgIpc) is 2.33. The fraction of sp³-hybridized carbons (Fsp3) is 0. The number of aromatic nitrogens is 3. The number of nitrogens with one attached hydrogen (secondary N) is 1. The van der Waals surface area contributed by atoms with E-state index in [2.05, 4.69) is 10.1 Å². The molecule has 10 heavy (non-hydrogen) atoms. The minimum absolute atomic E-state index is 0.209. The third kappa shape index (κ3) is 0.621. The highest BCUT2D eigenvalue weighted by Crippen LogP contribution is 1.90. The Hall–Kier alpha value is -1.58. The molecule has 0 aliphatic rings. The molecule has 0 amide bonds. The first kappa shape index (κ1) is 5.22. The van der Waals surface area contributed by atoms with Crippen LogP contribution in [0.4, 0.5) is 0 Å². The SMILES string of the molecule is O=c1ccn2[nH]ccc2n1. The van der Waals surface area contributed by atoms with Crippen molar-refractivity contribution in [1.82, 2.24) is 14.6 Å². The van der Waals surface area contributed by atoms with E-state index < -0.39 is 0 Å². The summed E-state index contributed by atoms with van der Waals surface area (Å²) in [7, 11) is 0. The molecule has 4 heteroatoms. The van der Waals surface area contributed by atoms with E-state index in [9.17, 15) is 4.79 Å². The monoisotopic (exact) mass is 135 g/mol. The summed E-state index contributed by atoms with van der Waals surface area (Å²) in [6.07, 6.45) is 3.37. The summed E-state index contributed by atoms with van der Waals surface area (Å²) in [5.74, 6) is 0. The van der Waals surface area contributed by atoms with Gasteiger partial charge >= 0.3 is 0 Å². The van der Waals surface area contributed by atoms with Crippen LogP contribution < -0.4 is 5.56 Å². The van der Waals surface area contributed by atoms with E-state index in [1.807, 2.05) is 0 Å². The van der Waals surface area contributed by atoms with Gasteiger partial charge in [0.1, 0.15) is 0 Å². The lowest BCUT2D eigenvalue weighted by Gasteiger charge is -1.87. The molecular formula is C6H5N3O. The molecule has 0 saturated carbocycles. The van der Waals surface area contributed by atoms with E-state index in [0.29, 0.717) is 5.65 Å². The zero-order chi connectivity index (χ0) is 6.97. The summed E-state index contributed by atoms with van der Waals surface area (Å²) in [5.41, 5.74) is 0.437. The largest absolute Gasteiger partial charge is 0.300 e. The first-order valence-electron chi connectivity index (χ1n) is 2.89. The number of nitrogens with zero attached hydrogens (tertiary/aromatic N) is 2. The van der Waals surface area contributed by atoms with Crippen LogP contribution in [-0.4, -0.2) is 14.6 Å². The number of rotatable bonds is 0. The second-order valence-electron chi connectivity index (χ2n) is 1.96. The smallest absolute Gasteiger partial charge is 0.273 e. The summed E-state index contributed by atoms with van der Waals surface area (Å²) >= 11 is 0. The van der Waals surface area contributed by atoms with Gasteiger partial charge in [-0.25, -0.2) is 4.52 Å². The lowest BCUT2D eigenvalue weighted by atomic mass is 10.6. The van der Waals surface area contributed by atoms with Gasteiger partial charge in [-0.1, -0.05) is 0 Å². The van der Waals surface area contributed by atoms with E-state index in [1.165, 1.54) is 6.07 Å². The Morgan fingerprint density at radius 1 is 1.50 bits per heavy atom. The topological polar surface area (TPSA) is 50.2 Å². The first-order chi connectivity index (χ1) is 4.86. The zero-order valence-corrected chi connectivity index (χ0v) is 5.11. The quantitative estimate of drug-likeness (QED) is 0.553. The number of hydrogen-bond acceptors (Lipinski definition) is 2. The van der Waals surface area contributed by atoms with Crippen LogP contribution in [0, 0.1) is 0 Å². The lowest BCUT2D eigenvalue weighted by Crippen LogP contribution is -2.05. The van der Waals surface area contributed by atoms with Gasteiger partial charge in [0, 0.05) is 24.5 Å². The standard InChI is InChI=1S/C6H5N3O/c10-6-2-4-9-5(8-6)1-3-7-9/h1-4,7H. The molecule has 0 aliphatic carbocycles. The molecule has 1 N–H and O–H groups in total. The van der Waals surface area contributed by atoms with E-state index >= 15 is 0 Å². The van der Waals surface area contributed by atoms with Gasteiger partial charge in [0.05, 0.1) is 0 Å². The van der Waals surface area contributed by atoms with Crippen molar-refractivity contribution in [2.24, 2.45) is 0 Å². The van der Waals surface area contributed by atoms with Gasteiger partial charge in [-0.05, 0) is 0 Å². The lowest BCUT2D eigenvalue weighted by molar-refractivity contribution is 0.931. The summed E-state index contributed by atoms with van der Waals surface area (Å²) in [5, 5.41) is 2.86. The first-order valence-corrected chi connectivity index (χ1v) is 2.89. The van der Waals surface area contributed by atoms with Crippen molar-refractivity contribution in [3.63, 3.8) is 0 Å². The number of fused-ring (bicyclic) bond motifs is 1. The fourth-order valence-electron chi connectivity index (χ4n) is 0.838. The van der Waals surface area contributed by atoms with Crippen LogP contribution >= 0.6 is 0 Å². The summed E-state index contributed by atoms with van der Waals surface area (Å²) in [4.78, 5) is 14.4. The molecule has 0 aliphatic heterocycles. The van der Waals surface area contributed by atoms with Gasteiger partial charge in [-0.3, -0.25) is 4.79 Å². The molecular weight excluding hydrogens is 130 g/mol. The Balaban J connectivity index is 2.99. The molecule has 2 aromatic rings. The number of H-pyrrole nitrogens is 1. The minimum atomic E-state index is -0.209. The fourth-order valence-corrected chi connectivity index (χ4v) is 0.838. The number of aromatic amines is 1. The molecule has 2 aromatic heterocycles. The van der Waals surface area contributed by atoms with Crippen LogP contribution in [0.25, 0.3) is 5.65 Å². The maximum Gasteiger partial charge on any atom is 0.273 e. The predicted molar refractivity (Wildman–Crippen MR) is 35.8 cm³/mol. The molecule has 0 radical (unpaired) electrons. The second kappa shape index (κ2) is 1.70. The van der Waals surface area contributed by atoms with Crippen molar-refractivity contribution in [2.75, 3.05) is 0 Å². The van der Waals surface area contributed by atoms with Crippen LogP contribution in [0.2, 0.25) is 0 Å². The molecule has 0 atom stereocenters. The molecule has 0 unspecified atom stereocenters. The molecule has 4 nitrogen and oxygen atoms in total. The highest BCUT2D eigenvalue weighted by atomic mass is 16.1. The molecule has 2 rings (SSSR count). The minimum Gasteiger partial charge on any atom is -0.300 e. The predicted octanol–water partition coefficient (Wildman–Crippen LogP) is 0.0226. The zero-order valence-electron chi connectivity index (χ0n) is 5.11. The summed E-state index contributed by atoms with van der Waals surface area (Å²) < 4.78 is 1.67. The summed E-state index contributed by atoms with van der Waals surface area (Å²) in [6, 6.07) is 3.14. The Morgan fingerprint density at radius 2 is 2.40 bits per heavy atom. The Bertz CT molecular complexity index is 400. The van der Waals surface area contributed by atoms with Gasteiger partial charge in [0.2, 0.25) is 0 Å². The van der Waals surface area contributed by atoms with E-state index in [1.54, 1.807) is 23.0 Å². The van der Waals surface area contributed by atoms with E-state index in [4.69, 9.17) is 0 Å². The van der Waals surface area contributed by atoms with Crippen LogP contribution in [0.1, 0.15) is 0 Å². The van der Waals surface area contributed by atoms with Crippen LogP contribution in [0.3, 0.4) is 0 Å². The van der Waals surface area contributed by atoms with Gasteiger partial charge in [-0.2, -0.15) is 4.98 Å². The highest BCUT2D eigenvalue weighted by Gasteiger charge is 1.90. The van der Waals surface area contributed by atoms with Crippen LogP contribution in [-0.2, 0) is 0 Å². The molecule has 0 aromatic carbocycles. The maximum atomic E-state index is 10.6. The Morgan fingerprint density at radius 3 is 3.30 bits per heavy atom. The van der Waals surface area contributed by atoms with Crippen LogP contribution in [0.5, 0.6) is 0 Å². The van der Waals surface area contributed by atoms with Gasteiger partial charge < -0.3 is 5.10 Å². The molecule has 0 saturated heterocycles. The van der Waals surface area contributed by atoms with Gasteiger partial charge in [0.25, 0.3) is 5.56 Å². The van der Waals surface area contributed by atoms with Crippen molar-refractivity contribution in [3.05, 3.63) is 34.9 Å². The van der Waals surface area contributed by atoms with Crippen molar-refractivity contribution in [1.29, 1.82) is 0 Å². The summed E-state index contributed by atoms with van der Waals surface area (Å²) in [6.45, 7) is 0. The molecule has 50 valence electrons. The van der Waals surface area contributed by atoms with Crippen LogP contribution in [0.15, 0.2) is 29.3 Å². The molecule has 0 bridgehead atoms. The van der Waals surface area contributed by atoms with Crippen molar-refractivity contribution < 1.29 is 0 Å². The third-order valence-corrected chi connectivity index (χ3v) is 1.28. The number of hydrogen-bond donors (Lipinski definition) is 1. The second-order valence-corrected chi connectivity index (χ2v) is 1.96. The normalized spacial score (nSPS) is 10.4. The average molecular weight is 135 g/mol. The van der Waals surface area contributed by atoms with E-state index in [-0.39, 0.29) is 5.56 Å². The third-order valence-electron chi connectivity index (χ3n) is 1.28. The van der Waals surface area contributed by atoms with E-state index in [0.717, 1.165) is 0 Å². The highest BCUT2D eigenvalue weighted by molar-refractivity contribution is 5.34. The van der Waals surface area contributed by atoms with Gasteiger partial charge in [0.15, 0.2) is 5.65 Å². The maximum absolute atomic E-state index is 10.6. The molecule has 2 heterocycles.